The average molecular weight is 524 g/mol. The minimum Gasteiger partial charge on any atom is -0.356 e. The zero-order valence-electron chi connectivity index (χ0n) is 24.7. The second kappa shape index (κ2) is 10.8. The van der Waals surface area contributed by atoms with Gasteiger partial charge in [0.15, 0.2) is 0 Å². The minimum absolute atomic E-state index is 0.0350. The molecule has 0 aliphatic rings. The zero-order valence-corrected chi connectivity index (χ0v) is 24.7. The first-order valence-corrected chi connectivity index (χ1v) is 14.3. The molecule has 1 heteroatoms. The average Bonchev–Trinajstić information content (AvgIpc) is 2.99. The number of rotatable bonds is 8. The van der Waals surface area contributed by atoms with Gasteiger partial charge in [-0.2, -0.15) is 0 Å². The van der Waals surface area contributed by atoms with Gasteiger partial charge in [-0.3, -0.25) is 0 Å². The first-order chi connectivity index (χ1) is 19.1. The molecule has 1 N–H and O–H groups in total. The van der Waals surface area contributed by atoms with Crippen LogP contribution in [0.2, 0.25) is 0 Å². The first-order valence-electron chi connectivity index (χ1n) is 14.3. The lowest BCUT2D eigenvalue weighted by atomic mass is 9.74. The third kappa shape index (κ3) is 5.47. The summed E-state index contributed by atoms with van der Waals surface area (Å²) in [5.41, 5.74) is 9.92. The Morgan fingerprint density at radius 2 is 0.525 bits per heavy atom. The SMILES string of the molecule is CC(C)(c1ccccc1)c1ccc(Nc2ccc(C(C)(C)c3ccc(C(C)(C)c4ccccc4)cc3)cc2)cc1. The van der Waals surface area contributed by atoms with Crippen LogP contribution in [0.1, 0.15) is 74.9 Å². The molecule has 0 aliphatic carbocycles. The highest BCUT2D eigenvalue weighted by molar-refractivity contribution is 5.61. The highest BCUT2D eigenvalue weighted by atomic mass is 14.9. The van der Waals surface area contributed by atoms with E-state index in [2.05, 4.69) is 180 Å². The maximum Gasteiger partial charge on any atom is 0.0384 e. The number of hydrogen-bond donors (Lipinski definition) is 1. The van der Waals surface area contributed by atoms with Gasteiger partial charge >= 0.3 is 0 Å². The van der Waals surface area contributed by atoms with Crippen LogP contribution in [-0.4, -0.2) is 0 Å². The van der Waals surface area contributed by atoms with E-state index in [4.69, 9.17) is 0 Å². The number of nitrogens with one attached hydrogen (secondary N) is 1. The summed E-state index contributed by atoms with van der Waals surface area (Å²) in [6.45, 7) is 13.8. The van der Waals surface area contributed by atoms with Crippen LogP contribution in [0.5, 0.6) is 0 Å². The van der Waals surface area contributed by atoms with Gasteiger partial charge in [0.2, 0.25) is 0 Å². The summed E-state index contributed by atoms with van der Waals surface area (Å²) in [7, 11) is 0. The Balaban J connectivity index is 1.28. The van der Waals surface area contributed by atoms with Crippen molar-refractivity contribution in [1.82, 2.24) is 0 Å². The Kier molecular flexibility index (Phi) is 7.43. The van der Waals surface area contributed by atoms with Crippen molar-refractivity contribution < 1.29 is 0 Å². The number of benzene rings is 5. The summed E-state index contributed by atoms with van der Waals surface area (Å²) >= 11 is 0. The van der Waals surface area contributed by atoms with Crippen LogP contribution in [0.4, 0.5) is 11.4 Å². The van der Waals surface area contributed by atoms with E-state index in [1.807, 2.05) is 0 Å². The molecule has 0 amide bonds. The third-order valence-electron chi connectivity index (χ3n) is 8.82. The van der Waals surface area contributed by atoms with Crippen LogP contribution in [0.15, 0.2) is 133 Å². The lowest BCUT2D eigenvalue weighted by Crippen LogP contribution is -2.21. The fraction of sp³-hybridized carbons (Fsp3) is 0.231. The normalized spacial score (nSPS) is 12.2. The topological polar surface area (TPSA) is 12.0 Å². The van der Waals surface area contributed by atoms with Gasteiger partial charge in [0.05, 0.1) is 0 Å². The molecular formula is C39H41N. The van der Waals surface area contributed by atoms with Gasteiger partial charge in [0.25, 0.3) is 0 Å². The quantitative estimate of drug-likeness (QED) is 0.213. The monoisotopic (exact) mass is 523 g/mol. The molecular weight excluding hydrogens is 482 g/mol. The van der Waals surface area contributed by atoms with Crippen molar-refractivity contribution in [3.63, 3.8) is 0 Å². The predicted molar refractivity (Wildman–Crippen MR) is 172 cm³/mol. The van der Waals surface area contributed by atoms with Gasteiger partial charge in [-0.15, -0.1) is 0 Å². The van der Waals surface area contributed by atoms with Gasteiger partial charge in [0, 0.05) is 27.6 Å². The minimum atomic E-state index is -0.0986. The van der Waals surface area contributed by atoms with Crippen LogP contribution >= 0.6 is 0 Å². The van der Waals surface area contributed by atoms with Crippen LogP contribution in [0.25, 0.3) is 0 Å². The molecule has 40 heavy (non-hydrogen) atoms. The van der Waals surface area contributed by atoms with Gasteiger partial charge in [-0.25, -0.2) is 0 Å². The summed E-state index contributed by atoms with van der Waals surface area (Å²) in [5.74, 6) is 0. The van der Waals surface area contributed by atoms with Crippen molar-refractivity contribution in [1.29, 1.82) is 0 Å². The molecule has 0 heterocycles. The maximum absolute atomic E-state index is 3.58. The largest absolute Gasteiger partial charge is 0.356 e. The van der Waals surface area contributed by atoms with Crippen molar-refractivity contribution in [3.05, 3.63) is 167 Å². The molecule has 5 aromatic rings. The van der Waals surface area contributed by atoms with E-state index in [0.29, 0.717) is 0 Å². The standard InChI is InChI=1S/C39H41N/c1-37(2,29-13-9-7-10-14-29)31-17-19-32(20-18-31)39(5,6)34-23-27-36(28-24-34)40-35-25-21-33(22-26-35)38(3,4)30-15-11-8-12-16-30/h7-28,40H,1-6H3. The van der Waals surface area contributed by atoms with Crippen LogP contribution in [0, 0.1) is 0 Å². The van der Waals surface area contributed by atoms with E-state index in [-0.39, 0.29) is 16.2 Å². The molecule has 202 valence electrons. The number of anilines is 2. The molecule has 1 nitrogen and oxygen atoms in total. The van der Waals surface area contributed by atoms with E-state index < -0.39 is 0 Å². The predicted octanol–water partition coefficient (Wildman–Crippen LogP) is 10.4. The molecule has 0 radical (unpaired) electrons. The second-order valence-electron chi connectivity index (χ2n) is 12.5. The Labute approximate surface area is 240 Å². The van der Waals surface area contributed by atoms with Gasteiger partial charge in [-0.05, 0) is 57.6 Å². The van der Waals surface area contributed by atoms with E-state index in [1.54, 1.807) is 0 Å². The summed E-state index contributed by atoms with van der Waals surface area (Å²) < 4.78 is 0. The second-order valence-corrected chi connectivity index (χ2v) is 12.5. The molecule has 0 fully saturated rings. The van der Waals surface area contributed by atoms with E-state index in [1.165, 1.54) is 33.4 Å². The molecule has 0 bridgehead atoms. The highest BCUT2D eigenvalue weighted by Crippen LogP contribution is 2.36. The van der Waals surface area contributed by atoms with E-state index >= 15 is 0 Å². The van der Waals surface area contributed by atoms with Gasteiger partial charge < -0.3 is 5.32 Å². The number of hydrogen-bond acceptors (Lipinski definition) is 1. The van der Waals surface area contributed by atoms with Gasteiger partial charge in [-0.1, -0.05) is 151 Å². The molecule has 0 unspecified atom stereocenters. The molecule has 0 atom stereocenters. The van der Waals surface area contributed by atoms with Crippen molar-refractivity contribution in [3.8, 4) is 0 Å². The fourth-order valence-corrected chi connectivity index (χ4v) is 5.62. The lowest BCUT2D eigenvalue weighted by molar-refractivity contribution is 0.626. The lowest BCUT2D eigenvalue weighted by Gasteiger charge is -2.29. The summed E-state index contributed by atoms with van der Waals surface area (Å²) in [6.07, 6.45) is 0. The smallest absolute Gasteiger partial charge is 0.0384 e. The molecule has 5 aromatic carbocycles. The molecule has 0 spiro atoms. The summed E-state index contributed by atoms with van der Waals surface area (Å²) in [6, 6.07) is 48.3. The fourth-order valence-electron chi connectivity index (χ4n) is 5.62. The molecule has 0 aromatic heterocycles. The van der Waals surface area contributed by atoms with Crippen molar-refractivity contribution in [2.75, 3.05) is 5.32 Å². The Bertz CT molecular complexity index is 1520. The van der Waals surface area contributed by atoms with Crippen LogP contribution < -0.4 is 5.32 Å². The summed E-state index contributed by atoms with van der Waals surface area (Å²) in [5, 5.41) is 3.58. The first kappa shape index (κ1) is 27.5. The van der Waals surface area contributed by atoms with Crippen LogP contribution in [0.3, 0.4) is 0 Å². The van der Waals surface area contributed by atoms with Crippen molar-refractivity contribution >= 4 is 11.4 Å². The Morgan fingerprint density at radius 1 is 0.300 bits per heavy atom. The maximum atomic E-state index is 3.58. The van der Waals surface area contributed by atoms with E-state index in [0.717, 1.165) is 11.4 Å². The Morgan fingerprint density at radius 3 is 0.800 bits per heavy atom. The Hall–Kier alpha value is -4.10. The van der Waals surface area contributed by atoms with Crippen LogP contribution in [-0.2, 0) is 16.2 Å². The van der Waals surface area contributed by atoms with Gasteiger partial charge in [0.1, 0.15) is 0 Å². The molecule has 0 saturated heterocycles. The molecule has 0 aliphatic heterocycles. The van der Waals surface area contributed by atoms with E-state index in [9.17, 15) is 0 Å². The highest BCUT2D eigenvalue weighted by Gasteiger charge is 2.26. The third-order valence-corrected chi connectivity index (χ3v) is 8.82. The molecule has 0 saturated carbocycles. The van der Waals surface area contributed by atoms with Crippen molar-refractivity contribution in [2.45, 2.75) is 57.8 Å². The molecule has 5 rings (SSSR count). The zero-order chi connectivity index (χ0) is 28.4. The summed E-state index contributed by atoms with van der Waals surface area (Å²) in [4.78, 5) is 0. The van der Waals surface area contributed by atoms with Crippen molar-refractivity contribution in [2.24, 2.45) is 0 Å².